The van der Waals surface area contributed by atoms with Crippen molar-refractivity contribution in [3.05, 3.63) is 11.6 Å². The molecule has 0 spiro atoms. The molecular formula is C9H14O3S. The van der Waals surface area contributed by atoms with E-state index in [4.69, 9.17) is 4.74 Å². The molecule has 74 valence electrons. The smallest absolute Gasteiger partial charge is 0.333 e. The number of thioether (sulfide) groups is 1. The second-order valence-corrected chi connectivity index (χ2v) is 4.20. The summed E-state index contributed by atoms with van der Waals surface area (Å²) in [5.41, 5.74) is 0.676. The Labute approximate surface area is 82.5 Å². The van der Waals surface area contributed by atoms with Crippen LogP contribution in [-0.4, -0.2) is 37.3 Å². The first-order valence-electron chi connectivity index (χ1n) is 4.18. The molecule has 1 saturated heterocycles. The maximum absolute atomic E-state index is 10.9. The molecule has 0 N–H and O–H groups in total. The van der Waals surface area contributed by atoms with Gasteiger partial charge < -0.3 is 9.47 Å². The maximum atomic E-state index is 10.9. The zero-order valence-corrected chi connectivity index (χ0v) is 8.73. The lowest BCUT2D eigenvalue weighted by Gasteiger charge is -2.24. The lowest BCUT2D eigenvalue weighted by molar-refractivity contribution is -0.136. The summed E-state index contributed by atoms with van der Waals surface area (Å²) in [6.07, 6.45) is 1.90. The number of carbonyl (C=O) groups is 1. The molecule has 13 heavy (non-hydrogen) atoms. The number of esters is 1. The minimum Gasteiger partial charge on any atom is -0.466 e. The maximum Gasteiger partial charge on any atom is 0.333 e. The lowest BCUT2D eigenvalue weighted by Crippen LogP contribution is -2.30. The van der Waals surface area contributed by atoms with E-state index in [1.54, 1.807) is 6.92 Å². The van der Waals surface area contributed by atoms with Crippen molar-refractivity contribution in [3.63, 3.8) is 0 Å². The Hall–Kier alpha value is -0.480. The van der Waals surface area contributed by atoms with Gasteiger partial charge in [0.05, 0.1) is 25.6 Å². The molecule has 1 fully saturated rings. The van der Waals surface area contributed by atoms with Crippen molar-refractivity contribution in [2.45, 2.75) is 12.2 Å². The highest BCUT2D eigenvalue weighted by molar-refractivity contribution is 8.00. The summed E-state index contributed by atoms with van der Waals surface area (Å²) >= 11 is 1.81. The normalized spacial score (nSPS) is 18.2. The van der Waals surface area contributed by atoms with Crippen LogP contribution >= 0.6 is 11.8 Å². The second kappa shape index (κ2) is 5.29. The number of hydrogen-bond acceptors (Lipinski definition) is 4. The Morgan fingerprint density at radius 1 is 1.69 bits per heavy atom. The minimum absolute atomic E-state index is 0.245. The summed E-state index contributed by atoms with van der Waals surface area (Å²) in [7, 11) is 1.40. The van der Waals surface area contributed by atoms with Crippen molar-refractivity contribution in [2.24, 2.45) is 0 Å². The standard InChI is InChI=1S/C9H14O3S/c1-7(9(10)11-2)3-4-13-8-5-12-6-8/h3,8H,4-6H2,1-2H3. The molecule has 0 bridgehead atoms. The van der Waals surface area contributed by atoms with Crippen LogP contribution in [-0.2, 0) is 14.3 Å². The molecule has 0 saturated carbocycles. The molecule has 0 aromatic carbocycles. The number of methoxy groups -OCH3 is 1. The molecule has 3 nitrogen and oxygen atoms in total. The number of carbonyl (C=O) groups excluding carboxylic acids is 1. The van der Waals surface area contributed by atoms with Gasteiger partial charge in [0.1, 0.15) is 0 Å². The van der Waals surface area contributed by atoms with Crippen LogP contribution in [0.15, 0.2) is 11.6 Å². The van der Waals surface area contributed by atoms with Crippen molar-refractivity contribution in [3.8, 4) is 0 Å². The highest BCUT2D eigenvalue weighted by Crippen LogP contribution is 2.19. The second-order valence-electron chi connectivity index (χ2n) is 2.87. The van der Waals surface area contributed by atoms with Gasteiger partial charge in [0, 0.05) is 11.3 Å². The van der Waals surface area contributed by atoms with Crippen LogP contribution < -0.4 is 0 Å². The van der Waals surface area contributed by atoms with Gasteiger partial charge in [0.25, 0.3) is 0 Å². The summed E-state index contributed by atoms with van der Waals surface area (Å²) in [6, 6.07) is 0. The van der Waals surface area contributed by atoms with Crippen LogP contribution in [0, 0.1) is 0 Å². The van der Waals surface area contributed by atoms with Gasteiger partial charge in [-0.25, -0.2) is 4.79 Å². The minimum atomic E-state index is -0.245. The monoisotopic (exact) mass is 202 g/mol. The number of hydrogen-bond donors (Lipinski definition) is 0. The van der Waals surface area contributed by atoms with E-state index in [1.165, 1.54) is 7.11 Å². The van der Waals surface area contributed by atoms with Crippen molar-refractivity contribution < 1.29 is 14.3 Å². The predicted octanol–water partition coefficient (Wildman–Crippen LogP) is 1.24. The molecule has 1 rings (SSSR count). The van der Waals surface area contributed by atoms with E-state index in [9.17, 15) is 4.79 Å². The topological polar surface area (TPSA) is 35.5 Å². The van der Waals surface area contributed by atoms with E-state index in [0.717, 1.165) is 19.0 Å². The third-order valence-electron chi connectivity index (χ3n) is 1.84. The van der Waals surface area contributed by atoms with Crippen molar-refractivity contribution in [2.75, 3.05) is 26.1 Å². The van der Waals surface area contributed by atoms with E-state index in [-0.39, 0.29) is 5.97 Å². The van der Waals surface area contributed by atoms with E-state index in [0.29, 0.717) is 10.8 Å². The molecule has 0 amide bonds. The van der Waals surface area contributed by atoms with Crippen molar-refractivity contribution >= 4 is 17.7 Å². The third-order valence-corrected chi connectivity index (χ3v) is 2.94. The molecule has 0 atom stereocenters. The first kappa shape index (κ1) is 10.6. The van der Waals surface area contributed by atoms with Gasteiger partial charge in [0.2, 0.25) is 0 Å². The van der Waals surface area contributed by atoms with E-state index < -0.39 is 0 Å². The molecular weight excluding hydrogens is 188 g/mol. The Morgan fingerprint density at radius 2 is 2.38 bits per heavy atom. The Morgan fingerprint density at radius 3 is 2.85 bits per heavy atom. The van der Waals surface area contributed by atoms with Crippen LogP contribution in [0.1, 0.15) is 6.92 Å². The quantitative estimate of drug-likeness (QED) is 0.507. The fourth-order valence-electron chi connectivity index (χ4n) is 0.864. The predicted molar refractivity (Wildman–Crippen MR) is 52.8 cm³/mol. The molecule has 1 heterocycles. The summed E-state index contributed by atoms with van der Waals surface area (Å²) in [6.45, 7) is 3.45. The Kier molecular flexibility index (Phi) is 4.32. The number of rotatable bonds is 4. The molecule has 0 aromatic rings. The van der Waals surface area contributed by atoms with Crippen LogP contribution in [0.5, 0.6) is 0 Å². The number of ether oxygens (including phenoxy) is 2. The van der Waals surface area contributed by atoms with E-state index in [2.05, 4.69) is 4.74 Å². The SMILES string of the molecule is COC(=O)C(C)=CCSC1COC1. The summed E-state index contributed by atoms with van der Waals surface area (Å²) in [5.74, 6) is 0.611. The molecule has 1 aliphatic rings. The van der Waals surface area contributed by atoms with Gasteiger partial charge in [-0.3, -0.25) is 0 Å². The van der Waals surface area contributed by atoms with Gasteiger partial charge in [-0.1, -0.05) is 6.08 Å². The van der Waals surface area contributed by atoms with Crippen LogP contribution in [0.2, 0.25) is 0 Å². The largest absolute Gasteiger partial charge is 0.466 e. The highest BCUT2D eigenvalue weighted by atomic mass is 32.2. The van der Waals surface area contributed by atoms with Gasteiger partial charge in [-0.05, 0) is 6.92 Å². The molecule has 0 radical (unpaired) electrons. The van der Waals surface area contributed by atoms with Crippen molar-refractivity contribution in [1.82, 2.24) is 0 Å². The summed E-state index contributed by atoms with van der Waals surface area (Å²) in [5, 5.41) is 0.613. The van der Waals surface area contributed by atoms with Crippen LogP contribution in [0.3, 0.4) is 0 Å². The van der Waals surface area contributed by atoms with E-state index in [1.807, 2.05) is 17.8 Å². The highest BCUT2D eigenvalue weighted by Gasteiger charge is 2.17. The molecule has 0 aromatic heterocycles. The molecule has 0 aliphatic carbocycles. The van der Waals surface area contributed by atoms with E-state index >= 15 is 0 Å². The van der Waals surface area contributed by atoms with Crippen molar-refractivity contribution in [1.29, 1.82) is 0 Å². The fraction of sp³-hybridized carbons (Fsp3) is 0.667. The fourth-order valence-corrected chi connectivity index (χ4v) is 1.87. The average molecular weight is 202 g/mol. The first-order valence-corrected chi connectivity index (χ1v) is 5.23. The zero-order chi connectivity index (χ0) is 9.68. The molecule has 0 unspecified atom stereocenters. The Balaban J connectivity index is 2.17. The average Bonchev–Trinajstić information content (AvgIpc) is 2.07. The third kappa shape index (κ3) is 3.40. The molecule has 4 heteroatoms. The van der Waals surface area contributed by atoms with Gasteiger partial charge in [0.15, 0.2) is 0 Å². The molecule has 1 aliphatic heterocycles. The van der Waals surface area contributed by atoms with Crippen LogP contribution in [0.25, 0.3) is 0 Å². The lowest BCUT2D eigenvalue weighted by atomic mass is 10.3. The summed E-state index contributed by atoms with van der Waals surface area (Å²) in [4.78, 5) is 10.9. The zero-order valence-electron chi connectivity index (χ0n) is 7.91. The van der Waals surface area contributed by atoms with Gasteiger partial charge >= 0.3 is 5.97 Å². The summed E-state index contributed by atoms with van der Waals surface area (Å²) < 4.78 is 9.60. The Bertz CT molecular complexity index is 209. The first-order chi connectivity index (χ1) is 6.24. The van der Waals surface area contributed by atoms with Gasteiger partial charge in [-0.15, -0.1) is 11.8 Å². The van der Waals surface area contributed by atoms with Crippen LogP contribution in [0.4, 0.5) is 0 Å². The van der Waals surface area contributed by atoms with Gasteiger partial charge in [-0.2, -0.15) is 0 Å².